The highest BCUT2D eigenvalue weighted by Crippen LogP contribution is 2.20. The first-order valence-electron chi connectivity index (χ1n) is 7.74. The fraction of sp³-hybridized carbons (Fsp3) is 0.562. The van der Waals surface area contributed by atoms with E-state index in [-0.39, 0.29) is 22.4 Å². The second-order valence-corrected chi connectivity index (χ2v) is 6.50. The number of halogens is 4. The van der Waals surface area contributed by atoms with Crippen LogP contribution in [0.25, 0.3) is 0 Å². The van der Waals surface area contributed by atoms with E-state index >= 15 is 0 Å². The third kappa shape index (κ3) is 6.36. The number of hydrogen-bond donors (Lipinski definition) is 2. The van der Waals surface area contributed by atoms with Crippen molar-refractivity contribution in [3.63, 3.8) is 0 Å². The molecule has 0 unspecified atom stereocenters. The van der Waals surface area contributed by atoms with Crippen molar-refractivity contribution in [1.29, 1.82) is 0 Å². The first-order chi connectivity index (χ1) is 10.6. The van der Waals surface area contributed by atoms with Crippen LogP contribution < -0.4 is 10.6 Å². The first kappa shape index (κ1) is 20.3. The van der Waals surface area contributed by atoms with Crippen LogP contribution in [0.5, 0.6) is 0 Å². The van der Waals surface area contributed by atoms with Gasteiger partial charge in [0.25, 0.3) is 5.91 Å². The normalized spacial score (nSPS) is 15.6. The fourth-order valence-corrected chi connectivity index (χ4v) is 3.22. The number of benzene rings is 1. The number of amides is 1. The van der Waals surface area contributed by atoms with Gasteiger partial charge in [0.2, 0.25) is 0 Å². The van der Waals surface area contributed by atoms with Crippen molar-refractivity contribution >= 4 is 34.2 Å². The van der Waals surface area contributed by atoms with Crippen molar-refractivity contribution in [2.45, 2.75) is 44.6 Å². The van der Waals surface area contributed by atoms with Crippen LogP contribution in [-0.4, -0.2) is 25.0 Å². The van der Waals surface area contributed by atoms with Crippen LogP contribution in [0.15, 0.2) is 16.6 Å². The van der Waals surface area contributed by atoms with E-state index in [0.717, 1.165) is 12.1 Å². The lowest BCUT2D eigenvalue weighted by Gasteiger charge is -2.16. The highest BCUT2D eigenvalue weighted by atomic mass is 79.9. The van der Waals surface area contributed by atoms with Gasteiger partial charge < -0.3 is 10.6 Å². The van der Waals surface area contributed by atoms with Crippen LogP contribution in [-0.2, 0) is 0 Å². The summed E-state index contributed by atoms with van der Waals surface area (Å²) in [5, 5.41) is 6.16. The molecule has 0 bridgehead atoms. The lowest BCUT2D eigenvalue weighted by Crippen LogP contribution is -2.37. The van der Waals surface area contributed by atoms with E-state index < -0.39 is 17.5 Å². The van der Waals surface area contributed by atoms with Gasteiger partial charge in [-0.2, -0.15) is 0 Å². The van der Waals surface area contributed by atoms with Crippen LogP contribution >= 0.6 is 28.3 Å². The number of nitrogens with one attached hydrogen (secondary N) is 2. The van der Waals surface area contributed by atoms with Gasteiger partial charge in [-0.05, 0) is 40.9 Å². The molecule has 1 aromatic rings. The summed E-state index contributed by atoms with van der Waals surface area (Å²) in [5.41, 5.74) is 0.105. The lowest BCUT2D eigenvalue weighted by atomic mass is 10.1. The maximum Gasteiger partial charge on any atom is 0.252 e. The molecule has 1 amide bonds. The molecule has 0 aromatic heterocycles. The molecule has 0 saturated heterocycles. The molecule has 130 valence electrons. The van der Waals surface area contributed by atoms with Crippen LogP contribution in [0.4, 0.5) is 8.78 Å². The molecule has 1 fully saturated rings. The summed E-state index contributed by atoms with van der Waals surface area (Å²) >= 11 is 3.08. The second-order valence-electron chi connectivity index (χ2n) is 5.64. The van der Waals surface area contributed by atoms with Gasteiger partial charge in [0, 0.05) is 23.6 Å². The second kappa shape index (κ2) is 10.2. The summed E-state index contributed by atoms with van der Waals surface area (Å²) < 4.78 is 26.5. The number of rotatable bonds is 5. The van der Waals surface area contributed by atoms with E-state index in [1.807, 2.05) is 0 Å². The molecular formula is C16H22BrClF2N2O. The van der Waals surface area contributed by atoms with E-state index in [0.29, 0.717) is 19.1 Å². The zero-order valence-electron chi connectivity index (χ0n) is 12.8. The molecule has 1 aromatic carbocycles. The topological polar surface area (TPSA) is 41.1 Å². The SMILES string of the molecule is Cl.O=C(NCCNC1CCCCCC1)c1cc(F)c(F)cc1Br. The minimum absolute atomic E-state index is 0. The average molecular weight is 412 g/mol. The fourth-order valence-electron chi connectivity index (χ4n) is 2.73. The molecule has 1 saturated carbocycles. The molecule has 3 nitrogen and oxygen atoms in total. The summed E-state index contributed by atoms with van der Waals surface area (Å²) in [7, 11) is 0. The van der Waals surface area contributed by atoms with E-state index in [9.17, 15) is 13.6 Å². The Morgan fingerprint density at radius 3 is 2.35 bits per heavy atom. The first-order valence-corrected chi connectivity index (χ1v) is 8.53. The van der Waals surface area contributed by atoms with Gasteiger partial charge >= 0.3 is 0 Å². The molecule has 0 radical (unpaired) electrons. The molecular weight excluding hydrogens is 390 g/mol. The largest absolute Gasteiger partial charge is 0.351 e. The zero-order chi connectivity index (χ0) is 15.9. The Balaban J connectivity index is 0.00000264. The minimum atomic E-state index is -1.02. The summed E-state index contributed by atoms with van der Waals surface area (Å²) in [6, 6.07) is 2.40. The maximum absolute atomic E-state index is 13.2. The summed E-state index contributed by atoms with van der Waals surface area (Å²) in [6.07, 6.45) is 7.49. The Morgan fingerprint density at radius 1 is 1.09 bits per heavy atom. The van der Waals surface area contributed by atoms with Crippen molar-refractivity contribution in [3.05, 3.63) is 33.8 Å². The molecule has 7 heteroatoms. The third-order valence-electron chi connectivity index (χ3n) is 3.95. The average Bonchev–Trinajstić information content (AvgIpc) is 2.76. The van der Waals surface area contributed by atoms with Gasteiger partial charge in [-0.3, -0.25) is 4.79 Å². The number of carbonyl (C=O) groups excluding carboxylic acids is 1. The Labute approximate surface area is 150 Å². The zero-order valence-corrected chi connectivity index (χ0v) is 15.2. The summed E-state index contributed by atoms with van der Waals surface area (Å²) in [5.74, 6) is -2.41. The molecule has 2 rings (SSSR count). The highest BCUT2D eigenvalue weighted by molar-refractivity contribution is 9.10. The Morgan fingerprint density at radius 2 is 1.70 bits per heavy atom. The van der Waals surface area contributed by atoms with Gasteiger partial charge in [0.05, 0.1) is 5.56 Å². The molecule has 0 spiro atoms. The Kier molecular flexibility index (Phi) is 9.02. The van der Waals surface area contributed by atoms with Gasteiger partial charge in [-0.15, -0.1) is 12.4 Å². The predicted molar refractivity (Wildman–Crippen MR) is 93.1 cm³/mol. The number of carbonyl (C=O) groups is 1. The van der Waals surface area contributed by atoms with Crippen molar-refractivity contribution in [2.75, 3.05) is 13.1 Å². The van der Waals surface area contributed by atoms with Gasteiger partial charge in [-0.25, -0.2) is 8.78 Å². The Hall–Kier alpha value is -0.720. The maximum atomic E-state index is 13.2. The molecule has 2 N–H and O–H groups in total. The highest BCUT2D eigenvalue weighted by Gasteiger charge is 2.15. The number of hydrogen-bond acceptors (Lipinski definition) is 2. The van der Waals surface area contributed by atoms with Crippen molar-refractivity contribution in [3.8, 4) is 0 Å². The van der Waals surface area contributed by atoms with E-state index in [2.05, 4.69) is 26.6 Å². The van der Waals surface area contributed by atoms with E-state index in [1.54, 1.807) is 0 Å². The van der Waals surface area contributed by atoms with Crippen LogP contribution in [0.1, 0.15) is 48.9 Å². The smallest absolute Gasteiger partial charge is 0.252 e. The third-order valence-corrected chi connectivity index (χ3v) is 4.61. The van der Waals surface area contributed by atoms with Crippen molar-refractivity contribution in [2.24, 2.45) is 0 Å². The van der Waals surface area contributed by atoms with Gasteiger partial charge in [-0.1, -0.05) is 25.7 Å². The molecule has 23 heavy (non-hydrogen) atoms. The van der Waals surface area contributed by atoms with Crippen LogP contribution in [0, 0.1) is 11.6 Å². The minimum Gasteiger partial charge on any atom is -0.351 e. The van der Waals surface area contributed by atoms with Gasteiger partial charge in [0.15, 0.2) is 11.6 Å². The molecule has 0 atom stereocenters. The van der Waals surface area contributed by atoms with Gasteiger partial charge in [0.1, 0.15) is 0 Å². The Bertz CT molecular complexity index is 523. The summed E-state index contributed by atoms with van der Waals surface area (Å²) in [6.45, 7) is 1.14. The molecule has 1 aliphatic carbocycles. The van der Waals surface area contributed by atoms with E-state index in [1.165, 1.54) is 38.5 Å². The quantitative estimate of drug-likeness (QED) is 0.433. The predicted octanol–water partition coefficient (Wildman–Crippen LogP) is 4.19. The molecule has 1 aliphatic rings. The lowest BCUT2D eigenvalue weighted by molar-refractivity contribution is 0.0952. The summed E-state index contributed by atoms with van der Waals surface area (Å²) in [4.78, 5) is 12.0. The standard InChI is InChI=1S/C16H21BrF2N2O.ClH/c17-13-10-15(19)14(18)9-12(13)16(22)21-8-7-20-11-5-3-1-2-4-6-11;/h9-11,20H,1-8H2,(H,21,22);1H. The monoisotopic (exact) mass is 410 g/mol. The molecule has 0 heterocycles. The van der Waals surface area contributed by atoms with E-state index in [4.69, 9.17) is 0 Å². The van der Waals surface area contributed by atoms with Crippen LogP contribution in [0.3, 0.4) is 0 Å². The van der Waals surface area contributed by atoms with Crippen molar-refractivity contribution in [1.82, 2.24) is 10.6 Å². The molecule has 0 aliphatic heterocycles. The van der Waals surface area contributed by atoms with Crippen molar-refractivity contribution < 1.29 is 13.6 Å². The van der Waals surface area contributed by atoms with Crippen LogP contribution in [0.2, 0.25) is 0 Å².